The number of hydrogen-bond acceptors (Lipinski definition) is 2. The first-order valence-electron chi connectivity index (χ1n) is 6.66. The van der Waals surface area contributed by atoms with Crippen LogP contribution >= 0.6 is 11.6 Å². The predicted molar refractivity (Wildman–Crippen MR) is 83.5 cm³/mol. The van der Waals surface area contributed by atoms with Crippen molar-refractivity contribution in [2.75, 3.05) is 6.54 Å². The highest BCUT2D eigenvalue weighted by molar-refractivity contribution is 6.34. The van der Waals surface area contributed by atoms with E-state index in [1.807, 2.05) is 13.8 Å². The van der Waals surface area contributed by atoms with Crippen molar-refractivity contribution in [2.45, 2.75) is 33.3 Å². The average Bonchev–Trinajstić information content (AvgIpc) is 2.35. The minimum Gasteiger partial charge on any atom is -0.487 e. The van der Waals surface area contributed by atoms with Crippen LogP contribution in [0.25, 0.3) is 0 Å². The molecule has 0 fully saturated rings. The van der Waals surface area contributed by atoms with Gasteiger partial charge in [0.05, 0.1) is 10.6 Å². The van der Waals surface area contributed by atoms with Crippen LogP contribution in [0, 0.1) is 5.92 Å². The second kappa shape index (κ2) is 6.80. The predicted octanol–water partition coefficient (Wildman–Crippen LogP) is 4.07. The van der Waals surface area contributed by atoms with E-state index < -0.39 is 5.60 Å². The molecule has 0 saturated carbocycles. The Morgan fingerprint density at radius 1 is 1.50 bits per heavy atom. The lowest BCUT2D eigenvalue weighted by Gasteiger charge is -2.31. The summed E-state index contributed by atoms with van der Waals surface area (Å²) in [5, 5.41) is 3.10. The van der Waals surface area contributed by atoms with E-state index >= 15 is 0 Å². The maximum atomic E-state index is 12.2. The molecule has 3 nitrogen and oxygen atoms in total. The molecule has 0 unspecified atom stereocenters. The third-order valence-corrected chi connectivity index (χ3v) is 3.69. The number of ether oxygens (including phenoxy) is 1. The molecule has 1 aromatic rings. The molecule has 1 amide bonds. The topological polar surface area (TPSA) is 38.3 Å². The summed E-state index contributed by atoms with van der Waals surface area (Å²) < 4.78 is 6.01. The summed E-state index contributed by atoms with van der Waals surface area (Å²) in [5.41, 5.74) is -0.0252. The largest absolute Gasteiger partial charge is 0.487 e. The lowest BCUT2D eigenvalue weighted by atomic mass is 9.94. The number of carbonyl (C=O) groups is 1. The van der Waals surface area contributed by atoms with Gasteiger partial charge < -0.3 is 10.1 Å². The van der Waals surface area contributed by atoms with Crippen molar-refractivity contribution in [1.82, 2.24) is 5.32 Å². The minimum atomic E-state index is -0.391. The molecule has 0 aliphatic carbocycles. The van der Waals surface area contributed by atoms with E-state index in [1.165, 1.54) is 0 Å². The van der Waals surface area contributed by atoms with Crippen molar-refractivity contribution < 1.29 is 9.53 Å². The maximum absolute atomic E-state index is 12.2. The molecule has 0 radical (unpaired) electrons. The second-order valence-corrected chi connectivity index (χ2v) is 5.88. The summed E-state index contributed by atoms with van der Waals surface area (Å²) in [5.74, 6) is 0.536. The molecular weight excluding hydrogens is 274 g/mol. The first kappa shape index (κ1) is 16.6. The highest BCUT2D eigenvalue weighted by Crippen LogP contribution is 2.31. The smallest absolute Gasteiger partial charge is 0.256 e. The molecule has 0 aliphatic heterocycles. The average molecular weight is 296 g/mol. The van der Waals surface area contributed by atoms with Gasteiger partial charge in [0.25, 0.3) is 5.91 Å². The van der Waals surface area contributed by atoms with Crippen LogP contribution in [0.3, 0.4) is 0 Å². The number of halogens is 1. The summed E-state index contributed by atoms with van der Waals surface area (Å²) in [6.07, 6.45) is 1.62. The SMILES string of the molecule is C=CCNC(=O)c1c(Cl)cccc1OC(C)(C)C(C)C. The fourth-order valence-corrected chi connectivity index (χ4v) is 1.72. The molecule has 0 atom stereocenters. The zero-order valence-electron chi connectivity index (χ0n) is 12.5. The Bertz CT molecular complexity index is 495. The van der Waals surface area contributed by atoms with E-state index in [0.29, 0.717) is 28.8 Å². The fraction of sp³-hybridized carbons (Fsp3) is 0.438. The highest BCUT2D eigenvalue weighted by Gasteiger charge is 2.27. The summed E-state index contributed by atoms with van der Waals surface area (Å²) in [6, 6.07) is 5.22. The van der Waals surface area contributed by atoms with E-state index in [-0.39, 0.29) is 5.91 Å². The van der Waals surface area contributed by atoms with Gasteiger partial charge in [-0.15, -0.1) is 6.58 Å². The van der Waals surface area contributed by atoms with Gasteiger partial charge in [0.15, 0.2) is 0 Å². The van der Waals surface area contributed by atoms with Crippen LogP contribution in [0.15, 0.2) is 30.9 Å². The van der Waals surface area contributed by atoms with Gasteiger partial charge in [0.1, 0.15) is 11.4 Å². The van der Waals surface area contributed by atoms with E-state index in [2.05, 4.69) is 25.7 Å². The van der Waals surface area contributed by atoms with Crippen LogP contribution < -0.4 is 10.1 Å². The number of benzene rings is 1. The van der Waals surface area contributed by atoms with Crippen LogP contribution in [0.1, 0.15) is 38.1 Å². The molecular formula is C16H22ClNO2. The first-order chi connectivity index (χ1) is 9.29. The third-order valence-electron chi connectivity index (χ3n) is 3.37. The molecule has 1 rings (SSSR count). The Morgan fingerprint density at radius 3 is 2.70 bits per heavy atom. The molecule has 20 heavy (non-hydrogen) atoms. The highest BCUT2D eigenvalue weighted by atomic mass is 35.5. The van der Waals surface area contributed by atoms with Crippen LogP contribution in [-0.4, -0.2) is 18.1 Å². The Morgan fingerprint density at radius 2 is 2.15 bits per heavy atom. The molecule has 0 spiro atoms. The number of hydrogen-bond donors (Lipinski definition) is 1. The minimum absolute atomic E-state index is 0.259. The van der Waals surface area contributed by atoms with Crippen LogP contribution in [0.2, 0.25) is 5.02 Å². The number of nitrogens with one attached hydrogen (secondary N) is 1. The van der Waals surface area contributed by atoms with Gasteiger partial charge in [-0.05, 0) is 31.9 Å². The van der Waals surface area contributed by atoms with E-state index in [9.17, 15) is 4.79 Å². The quantitative estimate of drug-likeness (QED) is 0.804. The second-order valence-electron chi connectivity index (χ2n) is 5.47. The molecule has 110 valence electrons. The van der Waals surface area contributed by atoms with Gasteiger partial charge in [-0.3, -0.25) is 4.79 Å². The normalized spacial score (nSPS) is 11.3. The summed E-state index contributed by atoms with van der Waals surface area (Å²) >= 11 is 6.14. The van der Waals surface area contributed by atoms with Crippen molar-refractivity contribution in [2.24, 2.45) is 5.92 Å². The van der Waals surface area contributed by atoms with Crippen LogP contribution in [0.5, 0.6) is 5.75 Å². The van der Waals surface area contributed by atoms with Gasteiger partial charge in [-0.1, -0.05) is 37.6 Å². The van der Waals surface area contributed by atoms with Gasteiger partial charge in [-0.2, -0.15) is 0 Å². The zero-order chi connectivity index (χ0) is 15.3. The lowest BCUT2D eigenvalue weighted by molar-refractivity contribution is 0.0582. The Kier molecular flexibility index (Phi) is 5.63. The van der Waals surface area contributed by atoms with E-state index in [1.54, 1.807) is 24.3 Å². The summed E-state index contributed by atoms with van der Waals surface area (Å²) in [6.45, 7) is 12.1. The maximum Gasteiger partial charge on any atom is 0.256 e. The molecule has 0 saturated heterocycles. The van der Waals surface area contributed by atoms with Gasteiger partial charge in [0, 0.05) is 6.54 Å². The van der Waals surface area contributed by atoms with Crippen LogP contribution in [-0.2, 0) is 0 Å². The molecule has 1 N–H and O–H groups in total. The Hall–Kier alpha value is -1.48. The molecule has 0 heterocycles. The molecule has 0 bridgehead atoms. The third kappa shape index (κ3) is 4.01. The molecule has 0 aromatic heterocycles. The van der Waals surface area contributed by atoms with Gasteiger partial charge in [0.2, 0.25) is 0 Å². The van der Waals surface area contributed by atoms with E-state index in [0.717, 1.165) is 0 Å². The van der Waals surface area contributed by atoms with Crippen molar-refractivity contribution in [3.05, 3.63) is 41.4 Å². The van der Waals surface area contributed by atoms with Crippen LogP contribution in [0.4, 0.5) is 0 Å². The van der Waals surface area contributed by atoms with Gasteiger partial charge >= 0.3 is 0 Å². The molecule has 0 aliphatic rings. The molecule has 1 aromatic carbocycles. The summed E-state index contributed by atoms with van der Waals surface area (Å²) in [4.78, 5) is 12.2. The Labute approximate surface area is 126 Å². The van der Waals surface area contributed by atoms with Crippen molar-refractivity contribution in [3.8, 4) is 5.75 Å². The lowest BCUT2D eigenvalue weighted by Crippen LogP contribution is -2.35. The Balaban J connectivity index is 3.11. The van der Waals surface area contributed by atoms with Gasteiger partial charge in [-0.25, -0.2) is 0 Å². The van der Waals surface area contributed by atoms with Crippen molar-refractivity contribution in [1.29, 1.82) is 0 Å². The standard InChI is InChI=1S/C16H22ClNO2/c1-6-10-18-15(19)14-12(17)8-7-9-13(14)20-16(4,5)11(2)3/h6-9,11H,1,10H2,2-5H3,(H,18,19). The number of carbonyl (C=O) groups excluding carboxylic acids is 1. The molecule has 4 heteroatoms. The monoisotopic (exact) mass is 295 g/mol. The van der Waals surface area contributed by atoms with Crippen molar-refractivity contribution >= 4 is 17.5 Å². The van der Waals surface area contributed by atoms with E-state index in [4.69, 9.17) is 16.3 Å². The summed E-state index contributed by atoms with van der Waals surface area (Å²) in [7, 11) is 0. The number of amides is 1. The zero-order valence-corrected chi connectivity index (χ0v) is 13.3. The fourth-order valence-electron chi connectivity index (χ4n) is 1.46. The van der Waals surface area contributed by atoms with Crippen molar-refractivity contribution in [3.63, 3.8) is 0 Å². The first-order valence-corrected chi connectivity index (χ1v) is 7.04. The number of rotatable bonds is 6.